The maximum atomic E-state index is 2.37. The summed E-state index contributed by atoms with van der Waals surface area (Å²) >= 11 is 3.91. The van der Waals surface area contributed by atoms with Crippen LogP contribution in [0.2, 0.25) is 19.6 Å². The molecule has 3 heteroatoms. The van der Waals surface area contributed by atoms with Crippen molar-refractivity contribution in [1.29, 1.82) is 0 Å². The van der Waals surface area contributed by atoms with Crippen LogP contribution in [0.15, 0.2) is 21.7 Å². The first-order valence-electron chi connectivity index (χ1n) is 3.30. The molecule has 0 saturated heterocycles. The average Bonchev–Trinajstić information content (AvgIpc) is 2.12. The lowest BCUT2D eigenvalue weighted by Gasteiger charge is -2.12. The van der Waals surface area contributed by atoms with Gasteiger partial charge >= 0.3 is 0 Å². The van der Waals surface area contributed by atoms with Crippen LogP contribution in [0.3, 0.4) is 0 Å². The van der Waals surface area contributed by atoms with Crippen LogP contribution in [-0.2, 0) is 0 Å². The Kier molecular flexibility index (Phi) is 2.60. The molecule has 0 N–H and O–H groups in total. The summed E-state index contributed by atoms with van der Waals surface area (Å²) in [6.07, 6.45) is 0. The summed E-state index contributed by atoms with van der Waals surface area (Å²) < 4.78 is 1.47. The first-order valence-corrected chi connectivity index (χ1v) is 9.22. The molecule has 0 saturated carbocycles. The van der Waals surface area contributed by atoms with Crippen molar-refractivity contribution in [2.24, 2.45) is 0 Å². The molecule has 10 heavy (non-hydrogen) atoms. The molecule has 0 amide bonds. The highest BCUT2D eigenvalue weighted by molar-refractivity contribution is 8.29. The van der Waals surface area contributed by atoms with Crippen molar-refractivity contribution >= 4 is 29.8 Å². The lowest BCUT2D eigenvalue weighted by molar-refractivity contribution is 1.74. The Hall–Kier alpha value is 0.267. The van der Waals surface area contributed by atoms with E-state index in [0.29, 0.717) is 0 Å². The normalized spacial score (nSPS) is 11.9. The summed E-state index contributed by atoms with van der Waals surface area (Å²) in [5.74, 6) is 0. The van der Waals surface area contributed by atoms with Crippen molar-refractivity contribution < 1.29 is 0 Å². The third kappa shape index (κ3) is 2.90. The van der Waals surface area contributed by atoms with E-state index in [-0.39, 0.29) is 0 Å². The van der Waals surface area contributed by atoms with E-state index in [2.05, 4.69) is 48.4 Å². The third-order valence-corrected chi connectivity index (χ3v) is 5.99. The molecule has 0 unspecified atom stereocenters. The lowest BCUT2D eigenvalue weighted by Crippen LogP contribution is -2.12. The zero-order valence-electron chi connectivity index (χ0n) is 6.55. The molecule has 1 heterocycles. The van der Waals surface area contributed by atoms with Crippen molar-refractivity contribution in [2.45, 2.75) is 23.9 Å². The van der Waals surface area contributed by atoms with Crippen molar-refractivity contribution in [1.82, 2.24) is 0 Å². The minimum atomic E-state index is -0.935. The summed E-state index contributed by atoms with van der Waals surface area (Å²) in [5.41, 5.74) is 0. The number of hydrogen-bond acceptors (Lipinski definition) is 2. The highest BCUT2D eigenvalue weighted by Gasteiger charge is 2.14. The number of rotatable bonds is 2. The van der Waals surface area contributed by atoms with Crippen molar-refractivity contribution in [3.8, 4) is 0 Å². The second kappa shape index (κ2) is 3.11. The third-order valence-electron chi connectivity index (χ3n) is 0.902. The highest BCUT2D eigenvalue weighted by atomic mass is 32.4. The van der Waals surface area contributed by atoms with E-state index in [1.54, 1.807) is 0 Å². The second-order valence-corrected chi connectivity index (χ2v) is 13.5. The zero-order valence-corrected chi connectivity index (χ0v) is 9.18. The Morgan fingerprint density at radius 3 is 2.50 bits per heavy atom. The van der Waals surface area contributed by atoms with E-state index in [1.165, 1.54) is 4.21 Å². The van der Waals surface area contributed by atoms with Gasteiger partial charge in [-0.25, -0.2) is 0 Å². The summed E-state index contributed by atoms with van der Waals surface area (Å²) in [4.78, 5) is 0. The predicted octanol–water partition coefficient (Wildman–Crippen LogP) is 3.68. The van der Waals surface area contributed by atoms with Gasteiger partial charge in [-0.1, -0.05) is 25.7 Å². The minimum Gasteiger partial charge on any atom is -0.142 e. The molecule has 0 atom stereocenters. The van der Waals surface area contributed by atoms with E-state index < -0.39 is 7.22 Å². The monoisotopic (exact) mass is 188 g/mol. The van der Waals surface area contributed by atoms with Gasteiger partial charge in [0.25, 0.3) is 0 Å². The summed E-state index contributed by atoms with van der Waals surface area (Å²) in [6.45, 7) is 7.12. The highest BCUT2D eigenvalue weighted by Crippen LogP contribution is 2.31. The van der Waals surface area contributed by atoms with Gasteiger partial charge in [-0.05, 0) is 11.4 Å². The maximum absolute atomic E-state index is 2.37. The van der Waals surface area contributed by atoms with Crippen LogP contribution in [0.25, 0.3) is 0 Å². The predicted molar refractivity (Wildman–Crippen MR) is 53.5 cm³/mol. The van der Waals surface area contributed by atoms with Gasteiger partial charge in [0.15, 0.2) is 0 Å². The Balaban J connectivity index is 2.57. The topological polar surface area (TPSA) is 0 Å². The van der Waals surface area contributed by atoms with Crippen LogP contribution < -0.4 is 0 Å². The van der Waals surface area contributed by atoms with Gasteiger partial charge in [-0.15, -0.1) is 22.5 Å². The van der Waals surface area contributed by atoms with Gasteiger partial charge in [0.1, 0.15) is 7.22 Å². The molecule has 0 aliphatic carbocycles. The maximum Gasteiger partial charge on any atom is 0.115 e. The molecule has 0 aliphatic heterocycles. The molecule has 0 nitrogen and oxygen atoms in total. The van der Waals surface area contributed by atoms with Gasteiger partial charge in [0.05, 0.1) is 4.21 Å². The van der Waals surface area contributed by atoms with Crippen molar-refractivity contribution in [3.63, 3.8) is 0 Å². The molecule has 1 rings (SSSR count). The molecule has 0 bridgehead atoms. The molecular formula is C7H12S2Si. The minimum absolute atomic E-state index is 0.935. The first kappa shape index (κ1) is 8.36. The molecule has 0 aliphatic rings. The van der Waals surface area contributed by atoms with Crippen LogP contribution in [0, 0.1) is 0 Å². The molecule has 0 aromatic carbocycles. The summed E-state index contributed by atoms with van der Waals surface area (Å²) in [7, 11) is -0.935. The van der Waals surface area contributed by atoms with Gasteiger partial charge in [0, 0.05) is 0 Å². The molecule has 0 radical (unpaired) electrons. The smallest absolute Gasteiger partial charge is 0.115 e. The Morgan fingerprint density at radius 2 is 2.10 bits per heavy atom. The van der Waals surface area contributed by atoms with Crippen LogP contribution in [0.4, 0.5) is 0 Å². The molecular weight excluding hydrogens is 176 g/mol. The van der Waals surface area contributed by atoms with E-state index in [4.69, 9.17) is 0 Å². The fourth-order valence-electron chi connectivity index (χ4n) is 0.623. The fourth-order valence-corrected chi connectivity index (χ4v) is 6.88. The SMILES string of the molecule is C[Si](C)(C)Sc1cccs1. The first-order chi connectivity index (χ1) is 4.58. The van der Waals surface area contributed by atoms with Gasteiger partial charge in [-0.2, -0.15) is 0 Å². The van der Waals surface area contributed by atoms with E-state index in [9.17, 15) is 0 Å². The zero-order chi connectivity index (χ0) is 7.61. The molecule has 56 valence electrons. The molecule has 0 fully saturated rings. The van der Waals surface area contributed by atoms with E-state index >= 15 is 0 Å². The average molecular weight is 188 g/mol. The fraction of sp³-hybridized carbons (Fsp3) is 0.429. The molecule has 1 aromatic rings. The summed E-state index contributed by atoms with van der Waals surface area (Å²) in [5, 5.41) is 2.14. The quantitative estimate of drug-likeness (QED) is 0.638. The Bertz CT molecular complexity index is 186. The van der Waals surface area contributed by atoms with Gasteiger partial charge in [0.2, 0.25) is 0 Å². The Morgan fingerprint density at radius 1 is 1.40 bits per heavy atom. The van der Waals surface area contributed by atoms with Crippen LogP contribution in [0.5, 0.6) is 0 Å². The number of hydrogen-bond donors (Lipinski definition) is 0. The largest absolute Gasteiger partial charge is 0.142 e. The van der Waals surface area contributed by atoms with E-state index in [1.807, 2.05) is 11.3 Å². The summed E-state index contributed by atoms with van der Waals surface area (Å²) in [6, 6.07) is 4.32. The second-order valence-electron chi connectivity index (χ2n) is 3.15. The lowest BCUT2D eigenvalue weighted by atomic mass is 10.7. The molecule has 1 aromatic heterocycles. The van der Waals surface area contributed by atoms with Gasteiger partial charge in [-0.3, -0.25) is 0 Å². The molecule has 0 spiro atoms. The number of thiophene rings is 1. The van der Waals surface area contributed by atoms with E-state index in [0.717, 1.165) is 0 Å². The van der Waals surface area contributed by atoms with Crippen LogP contribution >= 0.6 is 22.5 Å². The van der Waals surface area contributed by atoms with Crippen molar-refractivity contribution in [2.75, 3.05) is 0 Å². The Labute approximate surface area is 71.3 Å². The van der Waals surface area contributed by atoms with Crippen molar-refractivity contribution in [3.05, 3.63) is 17.5 Å². The van der Waals surface area contributed by atoms with Crippen LogP contribution in [0.1, 0.15) is 0 Å². The standard InChI is InChI=1S/C7H12S2Si/c1-10(2,3)9-7-5-4-6-8-7/h4-6H,1-3H3. The van der Waals surface area contributed by atoms with Gasteiger partial charge < -0.3 is 0 Å². The van der Waals surface area contributed by atoms with Crippen LogP contribution in [-0.4, -0.2) is 7.22 Å².